The topological polar surface area (TPSA) is 76.1 Å². The van der Waals surface area contributed by atoms with E-state index < -0.39 is 6.09 Å². The fraction of sp³-hybridized carbons (Fsp3) is 0.438. The second kappa shape index (κ2) is 12.4. The monoisotopic (exact) mass is 515 g/mol. The molecule has 200 valence electrons. The van der Waals surface area contributed by atoms with Crippen LogP contribution in [-0.4, -0.2) is 47.9 Å². The number of piperidine rings is 1. The van der Waals surface area contributed by atoms with Crippen LogP contribution in [0.2, 0.25) is 0 Å². The van der Waals surface area contributed by atoms with E-state index in [9.17, 15) is 14.7 Å². The Morgan fingerprint density at radius 2 is 1.61 bits per heavy atom. The zero-order valence-electron chi connectivity index (χ0n) is 21.9. The van der Waals surface area contributed by atoms with Crippen LogP contribution in [0.25, 0.3) is 10.8 Å². The van der Waals surface area contributed by atoms with Crippen molar-refractivity contribution in [3.8, 4) is 0 Å². The summed E-state index contributed by atoms with van der Waals surface area (Å²) in [5.74, 6) is 0.150. The predicted octanol–water partition coefficient (Wildman–Crippen LogP) is 6.56. The number of likely N-dealkylation sites (tertiary alicyclic amines) is 1. The number of ether oxygens (including phenoxy) is 2. The number of carbonyl (C=O) groups excluding carboxylic acids is 1. The normalized spacial score (nSPS) is 20.4. The molecule has 2 unspecified atom stereocenters. The third kappa shape index (κ3) is 6.54. The molecule has 2 aliphatic rings. The second-order valence-electron chi connectivity index (χ2n) is 10.6. The van der Waals surface area contributed by atoms with Crippen LogP contribution in [0.4, 0.5) is 4.79 Å². The Hall–Kier alpha value is -3.38. The summed E-state index contributed by atoms with van der Waals surface area (Å²) in [6.07, 6.45) is 5.66. The number of amides is 1. The summed E-state index contributed by atoms with van der Waals surface area (Å²) in [6.45, 7) is 1.69. The summed E-state index contributed by atoms with van der Waals surface area (Å²) >= 11 is 0. The second-order valence-corrected chi connectivity index (χ2v) is 10.6. The first-order valence-electron chi connectivity index (χ1n) is 13.9. The van der Waals surface area contributed by atoms with Crippen LogP contribution in [-0.2, 0) is 27.3 Å². The number of hydrogen-bond donors (Lipinski definition) is 1. The van der Waals surface area contributed by atoms with E-state index in [-0.39, 0.29) is 23.9 Å². The van der Waals surface area contributed by atoms with Gasteiger partial charge in [-0.1, -0.05) is 79.9 Å². The van der Waals surface area contributed by atoms with Crippen LogP contribution in [0.5, 0.6) is 0 Å². The Kier molecular flexibility index (Phi) is 8.59. The molecule has 3 aromatic rings. The maximum atomic E-state index is 12.3. The first-order chi connectivity index (χ1) is 18.6. The van der Waals surface area contributed by atoms with Crippen LogP contribution < -0.4 is 0 Å². The summed E-state index contributed by atoms with van der Waals surface area (Å²) < 4.78 is 11.9. The van der Waals surface area contributed by atoms with E-state index in [1.54, 1.807) is 0 Å². The SMILES string of the molecule is O=C(OCCc1ccc(C2CCN(C(=O)O)CC2OCc2ccc3ccccc3c2)cc1)C1CCCCC1. The smallest absolute Gasteiger partial charge is 0.407 e. The number of carboxylic acid groups (broad SMARTS) is 1. The molecule has 1 saturated heterocycles. The molecule has 6 nitrogen and oxygen atoms in total. The molecule has 0 spiro atoms. The van der Waals surface area contributed by atoms with E-state index in [1.807, 2.05) is 12.1 Å². The van der Waals surface area contributed by atoms with E-state index >= 15 is 0 Å². The molecular weight excluding hydrogens is 478 g/mol. The first-order valence-corrected chi connectivity index (χ1v) is 13.9. The van der Waals surface area contributed by atoms with Crippen LogP contribution in [0.3, 0.4) is 0 Å². The largest absolute Gasteiger partial charge is 0.465 e. The van der Waals surface area contributed by atoms with E-state index in [0.29, 0.717) is 39.1 Å². The zero-order chi connectivity index (χ0) is 26.3. The molecule has 0 radical (unpaired) electrons. The van der Waals surface area contributed by atoms with Crippen molar-refractivity contribution in [1.29, 1.82) is 0 Å². The van der Waals surface area contributed by atoms with Gasteiger partial charge in [-0.15, -0.1) is 0 Å². The van der Waals surface area contributed by atoms with Gasteiger partial charge in [0.15, 0.2) is 0 Å². The Bertz CT molecular complexity index is 1230. The molecule has 6 heteroatoms. The lowest BCUT2D eigenvalue weighted by Gasteiger charge is -2.37. The quantitative estimate of drug-likeness (QED) is 0.344. The van der Waals surface area contributed by atoms with Crippen LogP contribution in [0.1, 0.15) is 61.1 Å². The third-order valence-electron chi connectivity index (χ3n) is 8.09. The fourth-order valence-electron chi connectivity index (χ4n) is 5.83. The minimum absolute atomic E-state index is 0.0436. The lowest BCUT2D eigenvalue weighted by Crippen LogP contribution is -2.46. The Morgan fingerprint density at radius 3 is 2.37 bits per heavy atom. The highest BCUT2D eigenvalue weighted by Crippen LogP contribution is 2.32. The number of fused-ring (bicyclic) bond motifs is 1. The van der Waals surface area contributed by atoms with Crippen molar-refractivity contribution in [1.82, 2.24) is 4.90 Å². The van der Waals surface area contributed by atoms with Crippen molar-refractivity contribution >= 4 is 22.8 Å². The molecule has 1 aliphatic heterocycles. The molecule has 2 atom stereocenters. The van der Waals surface area contributed by atoms with Crippen molar-refractivity contribution in [2.24, 2.45) is 5.92 Å². The number of esters is 1. The first kappa shape index (κ1) is 26.2. The predicted molar refractivity (Wildman–Crippen MR) is 147 cm³/mol. The summed E-state index contributed by atoms with van der Waals surface area (Å²) in [5, 5.41) is 11.9. The van der Waals surface area contributed by atoms with Crippen molar-refractivity contribution in [2.45, 2.75) is 63.6 Å². The standard InChI is InChI=1S/C32H37NO5/c34-31(27-7-2-1-3-8-27)37-19-17-23-10-14-26(15-11-23)29-16-18-33(32(35)36)21-30(29)38-22-24-12-13-25-6-4-5-9-28(25)20-24/h4-6,9-15,20,27,29-30H,1-3,7-8,16-19,21-22H2,(H,35,36). The average Bonchev–Trinajstić information content (AvgIpc) is 2.96. The van der Waals surface area contributed by atoms with Gasteiger partial charge in [0.2, 0.25) is 0 Å². The van der Waals surface area contributed by atoms with Gasteiger partial charge in [-0.3, -0.25) is 4.79 Å². The number of benzene rings is 3. The summed E-state index contributed by atoms with van der Waals surface area (Å²) in [6, 6.07) is 23.0. The van der Waals surface area contributed by atoms with Crippen molar-refractivity contribution in [3.63, 3.8) is 0 Å². The van der Waals surface area contributed by atoms with Gasteiger partial charge in [0.25, 0.3) is 0 Å². The van der Waals surface area contributed by atoms with E-state index in [1.165, 1.54) is 22.1 Å². The van der Waals surface area contributed by atoms with Crippen molar-refractivity contribution in [2.75, 3.05) is 19.7 Å². The molecule has 5 rings (SSSR count). The highest BCUT2D eigenvalue weighted by atomic mass is 16.5. The Morgan fingerprint density at radius 1 is 0.868 bits per heavy atom. The highest BCUT2D eigenvalue weighted by molar-refractivity contribution is 5.82. The molecule has 1 N–H and O–H groups in total. The molecule has 3 aromatic carbocycles. The summed E-state index contributed by atoms with van der Waals surface area (Å²) in [7, 11) is 0. The minimum Gasteiger partial charge on any atom is -0.465 e. The molecule has 0 bridgehead atoms. The summed E-state index contributed by atoms with van der Waals surface area (Å²) in [5.41, 5.74) is 3.36. The molecule has 38 heavy (non-hydrogen) atoms. The lowest BCUT2D eigenvalue weighted by molar-refractivity contribution is -0.149. The number of nitrogens with zero attached hydrogens (tertiary/aromatic N) is 1. The third-order valence-corrected chi connectivity index (χ3v) is 8.09. The number of carbonyl (C=O) groups is 2. The average molecular weight is 516 g/mol. The number of hydrogen-bond acceptors (Lipinski definition) is 4. The van der Waals surface area contributed by atoms with Crippen molar-refractivity contribution in [3.05, 3.63) is 83.4 Å². The van der Waals surface area contributed by atoms with Gasteiger partial charge < -0.3 is 19.5 Å². The fourth-order valence-corrected chi connectivity index (χ4v) is 5.83. The molecule has 1 heterocycles. The van der Waals surface area contributed by atoms with Gasteiger partial charge in [-0.05, 0) is 52.8 Å². The Labute approximate surface area is 224 Å². The molecule has 1 aliphatic carbocycles. The summed E-state index contributed by atoms with van der Waals surface area (Å²) in [4.78, 5) is 25.5. The molecule has 2 fully saturated rings. The van der Waals surface area contributed by atoms with Crippen LogP contribution in [0, 0.1) is 5.92 Å². The van der Waals surface area contributed by atoms with E-state index in [4.69, 9.17) is 9.47 Å². The van der Waals surface area contributed by atoms with Gasteiger partial charge in [0.1, 0.15) is 0 Å². The zero-order valence-corrected chi connectivity index (χ0v) is 21.9. The van der Waals surface area contributed by atoms with Crippen LogP contribution >= 0.6 is 0 Å². The van der Waals surface area contributed by atoms with Crippen LogP contribution in [0.15, 0.2) is 66.7 Å². The van der Waals surface area contributed by atoms with Gasteiger partial charge in [0.05, 0.1) is 31.8 Å². The van der Waals surface area contributed by atoms with E-state index in [0.717, 1.165) is 42.4 Å². The highest BCUT2D eigenvalue weighted by Gasteiger charge is 2.33. The Balaban J connectivity index is 1.20. The maximum Gasteiger partial charge on any atom is 0.407 e. The lowest BCUT2D eigenvalue weighted by atomic mass is 9.86. The van der Waals surface area contributed by atoms with E-state index in [2.05, 4.69) is 54.6 Å². The van der Waals surface area contributed by atoms with Gasteiger partial charge in [0, 0.05) is 18.9 Å². The maximum absolute atomic E-state index is 12.3. The van der Waals surface area contributed by atoms with Gasteiger partial charge >= 0.3 is 12.1 Å². The molecule has 1 saturated carbocycles. The molecule has 0 aromatic heterocycles. The number of rotatable bonds is 8. The van der Waals surface area contributed by atoms with Crippen molar-refractivity contribution < 1.29 is 24.2 Å². The minimum atomic E-state index is -0.902. The molecule has 1 amide bonds. The van der Waals surface area contributed by atoms with Gasteiger partial charge in [-0.2, -0.15) is 0 Å². The van der Waals surface area contributed by atoms with Gasteiger partial charge in [-0.25, -0.2) is 4.79 Å². The molecular formula is C32H37NO5.